The zero-order valence-corrected chi connectivity index (χ0v) is 9.10. The van der Waals surface area contributed by atoms with Crippen LogP contribution in [0.1, 0.15) is 11.3 Å². The third-order valence-electron chi connectivity index (χ3n) is 2.17. The molecule has 0 radical (unpaired) electrons. The predicted octanol–water partition coefficient (Wildman–Crippen LogP) is -0.0145. The van der Waals surface area contributed by atoms with Gasteiger partial charge in [0, 0.05) is 37.0 Å². The van der Waals surface area contributed by atoms with Crippen molar-refractivity contribution in [3.8, 4) is 0 Å². The van der Waals surface area contributed by atoms with E-state index in [2.05, 4.69) is 10.4 Å². The number of amides is 1. The number of aromatic nitrogens is 2. The number of carboxylic acid groups (broad SMARTS) is 1. The maximum atomic E-state index is 11.2. The van der Waals surface area contributed by atoms with Gasteiger partial charge in [0.2, 0.25) is 5.91 Å². The van der Waals surface area contributed by atoms with Crippen molar-refractivity contribution in [1.29, 1.82) is 0 Å². The van der Waals surface area contributed by atoms with Gasteiger partial charge in [0.05, 0.1) is 6.20 Å². The van der Waals surface area contributed by atoms with Gasteiger partial charge in [0.25, 0.3) is 0 Å². The molecule has 0 spiro atoms. The van der Waals surface area contributed by atoms with E-state index in [0.717, 1.165) is 23.4 Å². The molecule has 0 saturated heterocycles. The summed E-state index contributed by atoms with van der Waals surface area (Å²) in [6.07, 6.45) is 3.44. The highest BCUT2D eigenvalue weighted by Gasteiger charge is 2.04. The summed E-state index contributed by atoms with van der Waals surface area (Å²) in [6.45, 7) is 2.23. The molecule has 0 saturated carbocycles. The van der Waals surface area contributed by atoms with Crippen LogP contribution in [0.5, 0.6) is 0 Å². The highest BCUT2D eigenvalue weighted by molar-refractivity contribution is 5.93. The molecule has 1 aromatic heterocycles. The second-order valence-electron chi connectivity index (χ2n) is 3.27. The van der Waals surface area contributed by atoms with Crippen LogP contribution in [0.3, 0.4) is 0 Å². The summed E-state index contributed by atoms with van der Waals surface area (Å²) in [5.41, 5.74) is 1.86. The number of carbonyl (C=O) groups excluding carboxylic acids is 1. The molecule has 0 bridgehead atoms. The lowest BCUT2D eigenvalue weighted by molar-refractivity contribution is -0.131. The molecule has 1 aromatic rings. The minimum atomic E-state index is -1.15. The molecule has 0 aliphatic carbocycles. The lowest BCUT2D eigenvalue weighted by atomic mass is 10.2. The first kappa shape index (κ1) is 12.0. The fourth-order valence-electron chi connectivity index (χ4n) is 1.11. The second-order valence-corrected chi connectivity index (χ2v) is 3.27. The molecule has 0 aliphatic rings. The van der Waals surface area contributed by atoms with Gasteiger partial charge in [0.1, 0.15) is 0 Å². The van der Waals surface area contributed by atoms with E-state index in [4.69, 9.17) is 5.11 Å². The monoisotopic (exact) mass is 223 g/mol. The molecule has 6 nitrogen and oxygen atoms in total. The molecule has 1 heterocycles. The van der Waals surface area contributed by atoms with Crippen LogP contribution in [0.2, 0.25) is 0 Å². The van der Waals surface area contributed by atoms with E-state index in [9.17, 15) is 9.59 Å². The number of carbonyl (C=O) groups is 2. The van der Waals surface area contributed by atoms with Crippen molar-refractivity contribution in [3.05, 3.63) is 29.6 Å². The van der Waals surface area contributed by atoms with E-state index in [0.29, 0.717) is 6.54 Å². The Balaban J connectivity index is 2.49. The van der Waals surface area contributed by atoms with Crippen molar-refractivity contribution >= 4 is 11.9 Å². The lowest BCUT2D eigenvalue weighted by Gasteiger charge is -2.01. The maximum Gasteiger partial charge on any atom is 0.328 e. The SMILES string of the molecule is Cc1c(CNC(=O)C=CC(=O)O)cnn1C. The quantitative estimate of drug-likeness (QED) is 0.703. The zero-order valence-electron chi connectivity index (χ0n) is 9.10. The van der Waals surface area contributed by atoms with Crippen molar-refractivity contribution in [2.45, 2.75) is 13.5 Å². The number of carboxylic acids is 1. The zero-order chi connectivity index (χ0) is 12.1. The van der Waals surface area contributed by atoms with Crippen LogP contribution in [0.25, 0.3) is 0 Å². The van der Waals surface area contributed by atoms with Gasteiger partial charge in [0.15, 0.2) is 0 Å². The van der Waals surface area contributed by atoms with Gasteiger partial charge in [-0.3, -0.25) is 9.48 Å². The first-order valence-electron chi connectivity index (χ1n) is 4.67. The Labute approximate surface area is 92.6 Å². The smallest absolute Gasteiger partial charge is 0.328 e. The summed E-state index contributed by atoms with van der Waals surface area (Å²) in [5, 5.41) is 14.9. The molecular weight excluding hydrogens is 210 g/mol. The number of nitrogens with one attached hydrogen (secondary N) is 1. The van der Waals surface area contributed by atoms with Gasteiger partial charge in [-0.2, -0.15) is 5.10 Å². The number of aryl methyl sites for hydroxylation is 1. The standard InChI is InChI=1S/C10H13N3O3/c1-7-8(6-12-13(7)2)5-11-9(14)3-4-10(15)16/h3-4,6H,5H2,1-2H3,(H,11,14)(H,15,16). The van der Waals surface area contributed by atoms with Gasteiger partial charge in [-0.25, -0.2) is 4.79 Å². The Morgan fingerprint density at radius 3 is 2.75 bits per heavy atom. The van der Waals surface area contributed by atoms with Gasteiger partial charge < -0.3 is 10.4 Å². The second kappa shape index (κ2) is 5.11. The summed E-state index contributed by atoms with van der Waals surface area (Å²) in [5.74, 6) is -1.58. The summed E-state index contributed by atoms with van der Waals surface area (Å²) in [6, 6.07) is 0. The third-order valence-corrected chi connectivity index (χ3v) is 2.17. The van der Waals surface area contributed by atoms with Gasteiger partial charge in [-0.15, -0.1) is 0 Å². The summed E-state index contributed by atoms with van der Waals surface area (Å²) < 4.78 is 1.70. The van der Waals surface area contributed by atoms with E-state index < -0.39 is 11.9 Å². The highest BCUT2D eigenvalue weighted by atomic mass is 16.4. The van der Waals surface area contributed by atoms with Crippen LogP contribution in [-0.4, -0.2) is 26.8 Å². The Morgan fingerprint density at radius 1 is 1.56 bits per heavy atom. The average Bonchev–Trinajstić information content (AvgIpc) is 2.54. The van der Waals surface area contributed by atoms with Crippen LogP contribution in [0.15, 0.2) is 18.3 Å². The number of aliphatic carboxylic acids is 1. The topological polar surface area (TPSA) is 84.2 Å². The molecule has 0 fully saturated rings. The summed E-state index contributed by atoms with van der Waals surface area (Å²) in [4.78, 5) is 21.3. The van der Waals surface area contributed by atoms with Crippen molar-refractivity contribution in [1.82, 2.24) is 15.1 Å². The van der Waals surface area contributed by atoms with Crippen LogP contribution >= 0.6 is 0 Å². The highest BCUT2D eigenvalue weighted by Crippen LogP contribution is 2.04. The van der Waals surface area contributed by atoms with Gasteiger partial charge in [-0.1, -0.05) is 0 Å². The fourth-order valence-corrected chi connectivity index (χ4v) is 1.11. The van der Waals surface area contributed by atoms with Crippen molar-refractivity contribution in [3.63, 3.8) is 0 Å². The lowest BCUT2D eigenvalue weighted by Crippen LogP contribution is -2.20. The van der Waals surface area contributed by atoms with E-state index in [1.54, 1.807) is 10.9 Å². The van der Waals surface area contributed by atoms with Crippen LogP contribution in [0.4, 0.5) is 0 Å². The number of hydrogen-bond acceptors (Lipinski definition) is 3. The minimum Gasteiger partial charge on any atom is -0.478 e. The number of rotatable bonds is 4. The normalized spacial score (nSPS) is 10.6. The number of hydrogen-bond donors (Lipinski definition) is 2. The molecule has 1 amide bonds. The third kappa shape index (κ3) is 3.23. The van der Waals surface area contributed by atoms with Crippen LogP contribution < -0.4 is 5.32 Å². The largest absolute Gasteiger partial charge is 0.478 e. The molecular formula is C10H13N3O3. The first-order chi connectivity index (χ1) is 7.50. The Hall–Kier alpha value is -2.11. The summed E-state index contributed by atoms with van der Waals surface area (Å²) >= 11 is 0. The molecule has 0 aromatic carbocycles. The maximum absolute atomic E-state index is 11.2. The minimum absolute atomic E-state index is 0.336. The molecule has 0 atom stereocenters. The summed E-state index contributed by atoms with van der Waals surface area (Å²) in [7, 11) is 1.81. The molecule has 0 aliphatic heterocycles. The van der Waals surface area contributed by atoms with Crippen molar-refractivity contribution in [2.24, 2.45) is 7.05 Å². The number of nitrogens with zero attached hydrogens (tertiary/aromatic N) is 2. The van der Waals surface area contributed by atoms with Gasteiger partial charge in [-0.05, 0) is 6.92 Å². The van der Waals surface area contributed by atoms with E-state index >= 15 is 0 Å². The molecule has 6 heteroatoms. The fraction of sp³-hybridized carbons (Fsp3) is 0.300. The Bertz CT molecular complexity index is 435. The average molecular weight is 223 g/mol. The molecule has 1 rings (SSSR count). The predicted molar refractivity (Wildman–Crippen MR) is 56.6 cm³/mol. The molecule has 86 valence electrons. The van der Waals surface area contributed by atoms with Crippen molar-refractivity contribution < 1.29 is 14.7 Å². The van der Waals surface area contributed by atoms with Crippen LogP contribution in [0, 0.1) is 6.92 Å². The Kier molecular flexibility index (Phi) is 3.82. The van der Waals surface area contributed by atoms with E-state index in [-0.39, 0.29) is 0 Å². The molecule has 16 heavy (non-hydrogen) atoms. The van der Waals surface area contributed by atoms with Crippen molar-refractivity contribution in [2.75, 3.05) is 0 Å². The van der Waals surface area contributed by atoms with Crippen LogP contribution in [-0.2, 0) is 23.2 Å². The van der Waals surface area contributed by atoms with E-state index in [1.807, 2.05) is 14.0 Å². The molecule has 0 unspecified atom stereocenters. The molecule has 2 N–H and O–H groups in total. The Morgan fingerprint density at radius 2 is 2.25 bits per heavy atom. The first-order valence-corrected chi connectivity index (χ1v) is 4.67. The van der Waals surface area contributed by atoms with Gasteiger partial charge >= 0.3 is 5.97 Å². The van der Waals surface area contributed by atoms with E-state index in [1.165, 1.54) is 0 Å².